The van der Waals surface area contributed by atoms with E-state index in [4.69, 9.17) is 33.1 Å². The number of rotatable bonds is 45. The Morgan fingerprint density at radius 1 is 0.554 bits per heavy atom. The minimum absolute atomic E-state index is 0.0163. The predicted octanol–water partition coefficient (Wildman–Crippen LogP) is -8.30. The zero-order chi connectivity index (χ0) is 76.4. The van der Waals surface area contributed by atoms with Crippen molar-refractivity contribution < 1.29 is 97.8 Å². The first-order valence-electron chi connectivity index (χ1n) is 33.0. The van der Waals surface area contributed by atoms with Crippen LogP contribution in [0.2, 0.25) is 0 Å². The Hall–Kier alpha value is -9.86. The number of nitrogens with two attached hydrogens (primary N) is 3. The number of amides is 12. The summed E-state index contributed by atoms with van der Waals surface area (Å²) in [6.07, 6.45) is -2.13. The van der Waals surface area contributed by atoms with Crippen LogP contribution in [0.1, 0.15) is 112 Å². The zero-order valence-corrected chi connectivity index (χ0v) is 57.7. The quantitative estimate of drug-likeness (QED) is 0.0164. The average Bonchev–Trinajstić information content (AvgIpc) is 1.83. The maximum absolute atomic E-state index is 14.6. The van der Waals surface area contributed by atoms with Crippen LogP contribution in [0.3, 0.4) is 0 Å². The van der Waals surface area contributed by atoms with Gasteiger partial charge in [-0.05, 0) is 75.2 Å². The summed E-state index contributed by atoms with van der Waals surface area (Å²) in [6, 6.07) is -10.3. The Kier molecular flexibility index (Phi) is 38.3. The number of aliphatic hydroxyl groups is 4. The number of benzene rings is 1. The molecule has 0 radical (unpaired) electrons. The third-order valence-electron chi connectivity index (χ3n) is 16.0. The Morgan fingerprint density at radius 2 is 1.02 bits per heavy atom. The Bertz CT molecular complexity index is 3020. The molecule has 101 heavy (non-hydrogen) atoms. The van der Waals surface area contributed by atoms with Gasteiger partial charge in [0.25, 0.3) is 0 Å². The van der Waals surface area contributed by atoms with Gasteiger partial charge in [-0.25, -0.2) is 4.79 Å². The summed E-state index contributed by atoms with van der Waals surface area (Å²) in [7, 11) is 0. The van der Waals surface area contributed by atoms with Gasteiger partial charge in [0, 0.05) is 26.1 Å². The Balaban J connectivity index is 2.31. The van der Waals surface area contributed by atoms with Gasteiger partial charge < -0.3 is 122 Å². The number of nitrogens with one attached hydrogen (secondary N) is 15. The number of carbonyl (C=O) groups is 14. The monoisotopic (exact) mass is 1430 g/mol. The largest absolute Gasteiger partial charge is 0.481 e. The van der Waals surface area contributed by atoms with Crippen molar-refractivity contribution in [2.24, 2.45) is 35.0 Å². The third-order valence-corrected chi connectivity index (χ3v) is 16.0. The number of nitrogens with zero attached hydrogens (tertiary/aromatic N) is 1. The normalized spacial score (nSPS) is 16.5. The first-order chi connectivity index (χ1) is 47.5. The molecule has 0 bridgehead atoms. The second kappa shape index (κ2) is 44.3. The number of guanidine groups is 2. The maximum Gasteiger partial charge on any atom is 0.326 e. The summed E-state index contributed by atoms with van der Waals surface area (Å²) >= 11 is 0. The molecule has 0 aromatic heterocycles. The highest BCUT2D eigenvalue weighted by atomic mass is 16.4. The lowest BCUT2D eigenvalue weighted by Crippen LogP contribution is -2.62. The van der Waals surface area contributed by atoms with Gasteiger partial charge in [0.05, 0.1) is 44.9 Å². The van der Waals surface area contributed by atoms with Crippen LogP contribution in [0.4, 0.5) is 0 Å². The summed E-state index contributed by atoms with van der Waals surface area (Å²) < 4.78 is 0. The molecular formula is C62H103N19O20. The van der Waals surface area contributed by atoms with Crippen LogP contribution in [0.15, 0.2) is 30.3 Å². The Labute approximate surface area is 583 Å². The molecule has 27 N–H and O–H groups in total. The van der Waals surface area contributed by atoms with Crippen molar-refractivity contribution in [3.63, 3.8) is 0 Å². The van der Waals surface area contributed by atoms with Crippen LogP contribution in [-0.2, 0) is 73.5 Å². The Morgan fingerprint density at radius 3 is 1.52 bits per heavy atom. The van der Waals surface area contributed by atoms with Crippen molar-refractivity contribution >= 4 is 94.7 Å². The fraction of sp³-hybridized carbons (Fsp3) is 0.645. The lowest BCUT2D eigenvalue weighted by Gasteiger charge is -2.30. The number of carboxylic acids is 2. The molecule has 1 heterocycles. The lowest BCUT2D eigenvalue weighted by atomic mass is 9.97. The number of hydrogen-bond acceptors (Lipinski definition) is 21. The summed E-state index contributed by atoms with van der Waals surface area (Å²) in [5, 5.41) is 106. The second-order valence-electron chi connectivity index (χ2n) is 25.1. The number of carbonyl (C=O) groups excluding carboxylic acids is 12. The summed E-state index contributed by atoms with van der Waals surface area (Å²) in [5.41, 5.74) is 16.9. The number of carboxylic acid groups (broad SMARTS) is 2. The van der Waals surface area contributed by atoms with Crippen molar-refractivity contribution in [1.82, 2.24) is 74.0 Å². The van der Waals surface area contributed by atoms with Crippen LogP contribution in [0.25, 0.3) is 0 Å². The molecule has 1 aromatic rings. The molecule has 1 aliphatic heterocycles. The molecule has 1 fully saturated rings. The van der Waals surface area contributed by atoms with Crippen LogP contribution in [0.5, 0.6) is 0 Å². The first kappa shape index (κ1) is 87.2. The maximum atomic E-state index is 14.6. The molecule has 0 saturated carbocycles. The van der Waals surface area contributed by atoms with Gasteiger partial charge in [-0.2, -0.15) is 0 Å². The van der Waals surface area contributed by atoms with E-state index in [9.17, 15) is 92.7 Å². The smallest absolute Gasteiger partial charge is 0.326 e. The third kappa shape index (κ3) is 30.7. The van der Waals surface area contributed by atoms with E-state index in [-0.39, 0.29) is 89.3 Å². The standard InChI is InChI=1S/C62H103N19O20/c1-8-32(6)47(79-49(89)35(63)25-45(87)88)57(97)77-40(27-82)52(92)75-41(28-83)54(94)80-48(33(7)85)58(98)72-36(17-12-20-68-61(64)65)50(90)70-26-44(86)71-39(24-34-15-10-9-11-16-34)59(99)81-22-14-19-43(81)55(95)76-42(29-84)53(93)78-46(31(4)5)56(96)74-38(23-30(2)3)51(91)73-37(60(100)101)18-13-21-69-62(66)67/h9-11,15-16,30-33,35-43,46-48,82-85H,8,12-14,17-29,63H2,1-7H3,(H,70,90)(H,71,86)(H,72,98)(H,73,91)(H,74,96)(H,75,92)(H,76,95)(H,77,97)(H,78,93)(H,79,89)(H,80,94)(H,87,88)(H,100,101)(H4,64,65,68)(H4,66,67,69)/t32-,33+,35-,36-,37-,38-,39-,40-,41-,42-,43-,46-,47-,48-/m0/s1. The van der Waals surface area contributed by atoms with E-state index in [1.807, 2.05) is 0 Å². The van der Waals surface area contributed by atoms with Crippen LogP contribution >= 0.6 is 0 Å². The van der Waals surface area contributed by atoms with E-state index in [2.05, 4.69) is 69.1 Å². The van der Waals surface area contributed by atoms with Gasteiger partial charge in [0.15, 0.2) is 11.9 Å². The lowest BCUT2D eigenvalue weighted by molar-refractivity contribution is -0.143. The molecular weight excluding hydrogens is 1330 g/mol. The highest BCUT2D eigenvalue weighted by Crippen LogP contribution is 2.21. The fourth-order valence-corrected chi connectivity index (χ4v) is 10.2. The van der Waals surface area contributed by atoms with E-state index >= 15 is 0 Å². The molecule has 1 aromatic carbocycles. The second-order valence-corrected chi connectivity index (χ2v) is 25.1. The van der Waals surface area contributed by atoms with E-state index < -0.39 is 212 Å². The molecule has 566 valence electrons. The summed E-state index contributed by atoms with van der Waals surface area (Å²) in [6.45, 7) is 6.93. The summed E-state index contributed by atoms with van der Waals surface area (Å²) in [4.78, 5) is 189. The topological polar surface area (TPSA) is 646 Å². The van der Waals surface area contributed by atoms with E-state index in [1.54, 1.807) is 71.9 Å². The van der Waals surface area contributed by atoms with E-state index in [0.29, 0.717) is 5.56 Å². The van der Waals surface area contributed by atoms with Gasteiger partial charge in [0.2, 0.25) is 70.9 Å². The SMILES string of the molecule is CC[C@H](C)[C@H](NC(=O)[C@@H](N)CC(=O)O)C(=O)N[C@@H](CO)C(=O)N[C@@H](CO)C(=O)N[C@H](C(=O)N[C@@H](CCCNC(=N)N)C(=O)NCC(=O)N[C@@H](Cc1ccccc1)C(=O)N1CCC[C@H]1C(=O)N[C@@H](CO)C(=O)N[C@H](C(=O)N[C@@H](CC(C)C)C(=O)N[C@@H](CCCNC(=N)N)C(=O)O)C(C)C)[C@@H](C)O. The summed E-state index contributed by atoms with van der Waals surface area (Å²) in [5.74, 6) is -17.2. The van der Waals surface area contributed by atoms with Crippen molar-refractivity contribution in [2.75, 3.05) is 46.0 Å². The predicted molar refractivity (Wildman–Crippen MR) is 360 cm³/mol. The van der Waals surface area contributed by atoms with Crippen LogP contribution in [-0.4, -0.2) is 255 Å². The fourth-order valence-electron chi connectivity index (χ4n) is 10.2. The van der Waals surface area contributed by atoms with Crippen molar-refractivity contribution in [3.05, 3.63) is 35.9 Å². The molecule has 14 atom stereocenters. The highest BCUT2D eigenvalue weighted by Gasteiger charge is 2.41. The minimum Gasteiger partial charge on any atom is -0.481 e. The zero-order valence-electron chi connectivity index (χ0n) is 57.7. The molecule has 39 heteroatoms. The van der Waals surface area contributed by atoms with Gasteiger partial charge >= 0.3 is 11.9 Å². The molecule has 1 saturated heterocycles. The van der Waals surface area contributed by atoms with Gasteiger partial charge in [-0.15, -0.1) is 0 Å². The molecule has 2 rings (SSSR count). The molecule has 0 spiro atoms. The number of aliphatic carboxylic acids is 2. The molecule has 1 aliphatic rings. The van der Waals surface area contributed by atoms with Crippen LogP contribution < -0.4 is 86.3 Å². The molecule has 39 nitrogen and oxygen atoms in total. The van der Waals surface area contributed by atoms with E-state index in [0.717, 1.165) is 11.8 Å². The van der Waals surface area contributed by atoms with E-state index in [1.165, 1.54) is 0 Å². The van der Waals surface area contributed by atoms with Gasteiger partial charge in [-0.1, -0.05) is 78.3 Å². The average molecular weight is 1430 g/mol. The highest BCUT2D eigenvalue weighted by molar-refractivity contribution is 6.00. The van der Waals surface area contributed by atoms with Crippen LogP contribution in [0, 0.1) is 28.6 Å². The van der Waals surface area contributed by atoms with Gasteiger partial charge in [-0.3, -0.25) is 73.1 Å². The number of aliphatic hydroxyl groups excluding tert-OH is 4. The van der Waals surface area contributed by atoms with Crippen molar-refractivity contribution in [1.29, 1.82) is 10.8 Å². The number of hydrogen-bond donors (Lipinski definition) is 24. The minimum atomic E-state index is -1.94. The molecule has 0 aliphatic carbocycles. The van der Waals surface area contributed by atoms with Crippen molar-refractivity contribution in [3.8, 4) is 0 Å². The molecule has 12 amide bonds. The van der Waals surface area contributed by atoms with Crippen molar-refractivity contribution in [2.45, 2.75) is 191 Å². The first-order valence-corrected chi connectivity index (χ1v) is 33.0. The van der Waals surface area contributed by atoms with Gasteiger partial charge in [0.1, 0.15) is 66.5 Å². The molecule has 0 unspecified atom stereocenters. The number of likely N-dealkylation sites (tertiary alicyclic amines) is 1.